The van der Waals surface area contributed by atoms with Crippen LogP contribution in [0.4, 0.5) is 0 Å². The summed E-state index contributed by atoms with van der Waals surface area (Å²) in [6.07, 6.45) is 29.8. The highest BCUT2D eigenvalue weighted by molar-refractivity contribution is 7.62. The van der Waals surface area contributed by atoms with Gasteiger partial charge in [-0.25, -0.2) is 9.13 Å². The molecule has 7 nitrogen and oxygen atoms in total. The molecule has 0 saturated heterocycles. The molecule has 0 N–H and O–H groups in total. The first kappa shape index (κ1) is 32.1. The molecular weight excluding hydrogens is 558 g/mol. The highest BCUT2D eigenvalue weighted by Crippen LogP contribution is 2.72. The number of rotatable bonds is 10. The van der Waals surface area contributed by atoms with Crippen molar-refractivity contribution >= 4 is 15.6 Å². The number of phosphoric ester groups is 2. The number of allylic oxidation sites excluding steroid dienone is 8. The third-order valence-corrected chi connectivity index (χ3v) is 12.9. The first-order chi connectivity index (χ1) is 19.0. The van der Waals surface area contributed by atoms with Gasteiger partial charge in [0.2, 0.25) is 0 Å². The Balaban J connectivity index is 1.78. The first-order valence-corrected chi connectivity index (χ1v) is 17.2. The fourth-order valence-electron chi connectivity index (χ4n) is 4.93. The third kappa shape index (κ3) is 7.05. The van der Waals surface area contributed by atoms with E-state index in [1.165, 1.54) is 0 Å². The molecule has 0 radical (unpaired) electrons. The minimum Gasteiger partial charge on any atom is -0.275 e. The van der Waals surface area contributed by atoms with Crippen LogP contribution in [0.15, 0.2) is 97.2 Å². The first-order valence-electron chi connectivity index (χ1n) is 14.2. The van der Waals surface area contributed by atoms with E-state index in [1.807, 2.05) is 101 Å². The van der Waals surface area contributed by atoms with Crippen molar-refractivity contribution in [1.29, 1.82) is 0 Å². The highest BCUT2D eigenvalue weighted by atomic mass is 31.3. The summed E-state index contributed by atoms with van der Waals surface area (Å²) in [5, 5.41) is 0. The van der Waals surface area contributed by atoms with Crippen molar-refractivity contribution in [3.05, 3.63) is 97.2 Å². The van der Waals surface area contributed by atoms with E-state index < -0.39 is 38.0 Å². The molecule has 8 atom stereocenters. The van der Waals surface area contributed by atoms with Gasteiger partial charge in [0.1, 0.15) is 22.4 Å². The Kier molecular flexibility index (Phi) is 9.16. The SMILES string of the molecule is CC1C=CC=CC1(C)OP(=O)(OC1(C)C=CC=CC1C)OP(=O)(OC1(C)C=CC=CC1C)OC1(C)C=CC=CC1C. The molecule has 0 aromatic carbocycles. The van der Waals surface area contributed by atoms with Crippen molar-refractivity contribution in [2.75, 3.05) is 0 Å². The second-order valence-corrected chi connectivity index (χ2v) is 15.4. The predicted molar refractivity (Wildman–Crippen MR) is 164 cm³/mol. The van der Waals surface area contributed by atoms with E-state index in [4.69, 9.17) is 22.4 Å². The van der Waals surface area contributed by atoms with Gasteiger partial charge in [-0.1, -0.05) is 125 Å². The van der Waals surface area contributed by atoms with Gasteiger partial charge in [-0.2, -0.15) is 4.31 Å². The number of phosphoric acid groups is 2. The Bertz CT molecular complexity index is 1150. The molecule has 0 aliphatic heterocycles. The van der Waals surface area contributed by atoms with Crippen LogP contribution in [0.1, 0.15) is 55.4 Å². The summed E-state index contributed by atoms with van der Waals surface area (Å²) >= 11 is 0. The summed E-state index contributed by atoms with van der Waals surface area (Å²) < 4.78 is 61.2. The molecule has 0 spiro atoms. The summed E-state index contributed by atoms with van der Waals surface area (Å²) in [6, 6.07) is 0. The molecule has 0 saturated carbocycles. The summed E-state index contributed by atoms with van der Waals surface area (Å²) in [4.78, 5) is 0. The highest BCUT2D eigenvalue weighted by Gasteiger charge is 2.54. The Hall–Kier alpha value is -1.82. The summed E-state index contributed by atoms with van der Waals surface area (Å²) in [7, 11) is -9.37. The maximum absolute atomic E-state index is 14.9. The summed E-state index contributed by atoms with van der Waals surface area (Å²) in [5.41, 5.74) is -4.34. The molecule has 0 aromatic heterocycles. The molecule has 0 fully saturated rings. The molecule has 0 aromatic rings. The largest absolute Gasteiger partial charge is 0.485 e. The predicted octanol–water partition coefficient (Wildman–Crippen LogP) is 9.37. The van der Waals surface area contributed by atoms with Crippen molar-refractivity contribution in [2.45, 2.75) is 77.8 Å². The van der Waals surface area contributed by atoms with Gasteiger partial charge in [0.25, 0.3) is 0 Å². The molecule has 4 aliphatic rings. The minimum atomic E-state index is -4.69. The van der Waals surface area contributed by atoms with E-state index in [9.17, 15) is 9.13 Å². The Morgan fingerprint density at radius 1 is 0.439 bits per heavy atom. The average molecular weight is 603 g/mol. The van der Waals surface area contributed by atoms with Gasteiger partial charge in [0, 0.05) is 23.7 Å². The second kappa shape index (κ2) is 11.7. The lowest BCUT2D eigenvalue weighted by molar-refractivity contribution is -0.0263. The minimum absolute atomic E-state index is 0.186. The lowest BCUT2D eigenvalue weighted by Gasteiger charge is -2.43. The van der Waals surface area contributed by atoms with E-state index in [-0.39, 0.29) is 23.7 Å². The number of hydrogen-bond acceptors (Lipinski definition) is 7. The van der Waals surface area contributed by atoms with Crippen LogP contribution >= 0.6 is 15.6 Å². The van der Waals surface area contributed by atoms with Gasteiger partial charge in [-0.3, -0.25) is 18.1 Å². The molecule has 0 amide bonds. The Morgan fingerprint density at radius 2 is 0.659 bits per heavy atom. The molecule has 4 aliphatic carbocycles. The van der Waals surface area contributed by atoms with Gasteiger partial charge >= 0.3 is 15.6 Å². The van der Waals surface area contributed by atoms with Crippen LogP contribution in [0.3, 0.4) is 0 Å². The molecule has 8 unspecified atom stereocenters. The van der Waals surface area contributed by atoms with Crippen molar-refractivity contribution in [2.24, 2.45) is 23.7 Å². The second-order valence-electron chi connectivity index (χ2n) is 12.2. The van der Waals surface area contributed by atoms with Crippen LogP contribution in [-0.4, -0.2) is 22.4 Å². The zero-order valence-electron chi connectivity index (χ0n) is 25.3. The summed E-state index contributed by atoms with van der Waals surface area (Å²) in [6.45, 7) is 14.9. The lowest BCUT2D eigenvalue weighted by Crippen LogP contribution is -2.40. The van der Waals surface area contributed by atoms with E-state index in [0.717, 1.165) is 0 Å². The molecule has 9 heteroatoms. The lowest BCUT2D eigenvalue weighted by atomic mass is 9.87. The normalized spacial score (nSPS) is 42.3. The van der Waals surface area contributed by atoms with Crippen molar-refractivity contribution < 1.29 is 31.5 Å². The van der Waals surface area contributed by atoms with E-state index in [1.54, 1.807) is 52.0 Å². The molecule has 0 bridgehead atoms. The quantitative estimate of drug-likeness (QED) is 0.231. The standard InChI is InChI=1S/C32H44O7P2/c1-25-17-9-13-21-29(25,5)35-40(33,36-30(6)22-14-10-18-26(30)2)39-41(34,37-31(7)23-15-11-19-27(31)3)38-32(8)24-16-12-20-28(32)4/h9-28H,1-8H3. The maximum atomic E-state index is 14.9. The maximum Gasteiger partial charge on any atom is 0.485 e. The average Bonchev–Trinajstić information content (AvgIpc) is 2.86. The van der Waals surface area contributed by atoms with Crippen LogP contribution < -0.4 is 0 Å². The smallest absolute Gasteiger partial charge is 0.275 e. The monoisotopic (exact) mass is 602 g/mol. The fourth-order valence-corrected chi connectivity index (χ4v) is 9.35. The van der Waals surface area contributed by atoms with Gasteiger partial charge in [0.05, 0.1) is 0 Å². The van der Waals surface area contributed by atoms with Crippen LogP contribution in [0.25, 0.3) is 0 Å². The molecule has 0 heterocycles. The van der Waals surface area contributed by atoms with E-state index >= 15 is 0 Å². The Morgan fingerprint density at radius 3 is 0.854 bits per heavy atom. The zero-order valence-corrected chi connectivity index (χ0v) is 27.1. The fraction of sp³-hybridized carbons (Fsp3) is 0.500. The van der Waals surface area contributed by atoms with Gasteiger partial charge in [-0.15, -0.1) is 0 Å². The van der Waals surface area contributed by atoms with E-state index in [0.29, 0.717) is 0 Å². The van der Waals surface area contributed by atoms with Crippen LogP contribution in [0.2, 0.25) is 0 Å². The van der Waals surface area contributed by atoms with Gasteiger partial charge < -0.3 is 0 Å². The van der Waals surface area contributed by atoms with Crippen LogP contribution in [0, 0.1) is 23.7 Å². The van der Waals surface area contributed by atoms with Crippen LogP contribution in [0.5, 0.6) is 0 Å². The van der Waals surface area contributed by atoms with Crippen molar-refractivity contribution in [1.82, 2.24) is 0 Å². The number of hydrogen-bond donors (Lipinski definition) is 0. The molecular formula is C32H44O7P2. The Labute approximate surface area is 245 Å². The van der Waals surface area contributed by atoms with Crippen molar-refractivity contribution in [3.63, 3.8) is 0 Å². The summed E-state index contributed by atoms with van der Waals surface area (Å²) in [5.74, 6) is -0.744. The van der Waals surface area contributed by atoms with E-state index in [2.05, 4.69) is 0 Å². The van der Waals surface area contributed by atoms with Crippen LogP contribution in [-0.2, 0) is 31.5 Å². The molecule has 224 valence electrons. The van der Waals surface area contributed by atoms with Gasteiger partial charge in [0.15, 0.2) is 0 Å². The zero-order chi connectivity index (χ0) is 30.2. The molecule has 41 heavy (non-hydrogen) atoms. The van der Waals surface area contributed by atoms with Gasteiger partial charge in [-0.05, 0) is 27.7 Å². The molecule has 4 rings (SSSR count). The topological polar surface area (TPSA) is 80.3 Å². The third-order valence-electron chi connectivity index (χ3n) is 8.80. The van der Waals surface area contributed by atoms with Crippen molar-refractivity contribution in [3.8, 4) is 0 Å².